The van der Waals surface area contributed by atoms with Gasteiger partial charge in [0.1, 0.15) is 0 Å². The fraction of sp³-hybridized carbons (Fsp3) is 0.440. The van der Waals surface area contributed by atoms with E-state index in [0.717, 1.165) is 14.2 Å². The van der Waals surface area contributed by atoms with E-state index >= 15 is 0 Å². The van der Waals surface area contributed by atoms with Crippen molar-refractivity contribution in [3.63, 3.8) is 0 Å². The summed E-state index contributed by atoms with van der Waals surface area (Å²) in [5.41, 5.74) is 42.9. The lowest BCUT2D eigenvalue weighted by Gasteiger charge is -2.28. The number of nitrogen functional groups attached to an aromatic ring is 2. The Labute approximate surface area is 321 Å². The maximum atomic E-state index is 8.52. The highest BCUT2D eigenvalue weighted by atomic mass is 15.6. The van der Waals surface area contributed by atoms with E-state index in [4.69, 9.17) is 45.3 Å². The van der Waals surface area contributed by atoms with E-state index in [2.05, 4.69) is 102 Å². The van der Waals surface area contributed by atoms with Crippen LogP contribution in [0.1, 0.15) is 54.3 Å². The van der Waals surface area contributed by atoms with E-state index in [1.807, 2.05) is 48.5 Å². The van der Waals surface area contributed by atoms with Crippen LogP contribution >= 0.6 is 0 Å². The zero-order valence-electron chi connectivity index (χ0n) is 31.6. The van der Waals surface area contributed by atoms with Crippen molar-refractivity contribution in [3.8, 4) is 17.6 Å². The Bertz CT molecular complexity index is 2330. The Morgan fingerprint density at radius 2 is 1.35 bits per heavy atom. The summed E-state index contributed by atoms with van der Waals surface area (Å²) in [6.07, 6.45) is 0. The maximum Gasteiger partial charge on any atom is 0.291 e. The Morgan fingerprint density at radius 1 is 0.772 bits per heavy atom. The molecular formula is C25H42N32. The van der Waals surface area contributed by atoms with Crippen LogP contribution in [-0.2, 0) is 0 Å². The Hall–Kier alpha value is -8.22. The average Bonchev–Trinajstić information content (AvgIpc) is 4.01. The SMILES string of the molecule is CC(C)C(C)N(N=N)c1n[nH]c(N/C(N)=N/N=C(\N)n2nc(-n3nnc(-c4n[nH]c(N/C(N)=N/N=C(\N)n5nc(C(=N)C(C)(C)C(C)C)nc5N)n4)n3)nc2N)n1. The van der Waals surface area contributed by atoms with E-state index in [1.165, 1.54) is 5.01 Å². The molecule has 0 saturated heterocycles. The molecule has 5 rings (SSSR count). The van der Waals surface area contributed by atoms with Crippen molar-refractivity contribution in [1.82, 2.24) is 80.1 Å². The smallest absolute Gasteiger partial charge is 0.291 e. The van der Waals surface area contributed by atoms with Gasteiger partial charge in [-0.25, -0.2) is 15.2 Å². The van der Waals surface area contributed by atoms with Gasteiger partial charge >= 0.3 is 0 Å². The van der Waals surface area contributed by atoms with Crippen molar-refractivity contribution in [2.24, 2.45) is 65.8 Å². The molecule has 18 N–H and O–H groups in total. The number of nitrogens with one attached hydrogen (secondary N) is 6. The lowest BCUT2D eigenvalue weighted by atomic mass is 9.76. The third-order valence-corrected chi connectivity index (χ3v) is 8.43. The molecule has 1 atom stereocenters. The van der Waals surface area contributed by atoms with E-state index in [0.29, 0.717) is 0 Å². The first-order chi connectivity index (χ1) is 26.9. The molecule has 0 radical (unpaired) electrons. The highest BCUT2D eigenvalue weighted by Crippen LogP contribution is 2.29. The fourth-order valence-corrected chi connectivity index (χ4v) is 4.15. The van der Waals surface area contributed by atoms with Crippen molar-refractivity contribution in [3.05, 3.63) is 5.82 Å². The van der Waals surface area contributed by atoms with Crippen LogP contribution in [0.5, 0.6) is 0 Å². The lowest BCUT2D eigenvalue weighted by Crippen LogP contribution is -2.32. The summed E-state index contributed by atoms with van der Waals surface area (Å²) in [7, 11) is 0. The van der Waals surface area contributed by atoms with Gasteiger partial charge in [0.25, 0.3) is 11.9 Å². The summed E-state index contributed by atoms with van der Waals surface area (Å²) in [4.78, 5) is 17.6. The number of hydrogen-bond acceptors (Lipinski definition) is 20. The number of tetrazole rings is 1. The van der Waals surface area contributed by atoms with Crippen LogP contribution in [0.4, 0.5) is 29.7 Å². The van der Waals surface area contributed by atoms with Gasteiger partial charge in [-0.1, -0.05) is 51.6 Å². The molecule has 5 heterocycles. The molecule has 0 aliphatic heterocycles. The summed E-state index contributed by atoms with van der Waals surface area (Å²) < 4.78 is 1.98. The molecule has 0 fully saturated rings. The van der Waals surface area contributed by atoms with E-state index in [9.17, 15) is 0 Å². The summed E-state index contributed by atoms with van der Waals surface area (Å²) in [6, 6.07) is -0.148. The van der Waals surface area contributed by atoms with Gasteiger partial charge in [-0.2, -0.15) is 34.8 Å². The van der Waals surface area contributed by atoms with E-state index < -0.39 is 5.41 Å². The summed E-state index contributed by atoms with van der Waals surface area (Å²) in [6.45, 7) is 13.6. The largest absolute Gasteiger partial charge is 0.368 e. The first-order valence-electron chi connectivity index (χ1n) is 16.6. The second kappa shape index (κ2) is 16.0. The Balaban J connectivity index is 1.21. The van der Waals surface area contributed by atoms with E-state index in [-0.39, 0.29) is 101 Å². The minimum absolute atomic E-state index is 0.00449. The van der Waals surface area contributed by atoms with Gasteiger partial charge < -0.3 is 39.8 Å². The number of nitrogens with two attached hydrogens (primary N) is 6. The van der Waals surface area contributed by atoms with Crippen LogP contribution in [0.15, 0.2) is 25.6 Å². The molecular weight excluding hydrogens is 748 g/mol. The number of anilines is 5. The molecule has 0 spiro atoms. The van der Waals surface area contributed by atoms with Crippen molar-refractivity contribution in [1.29, 1.82) is 10.9 Å². The molecule has 32 heteroatoms. The normalized spacial score (nSPS) is 13.7. The van der Waals surface area contributed by atoms with Gasteiger partial charge in [0.05, 0.1) is 11.8 Å². The third-order valence-electron chi connectivity index (χ3n) is 8.43. The van der Waals surface area contributed by atoms with Gasteiger partial charge in [0.15, 0.2) is 5.82 Å². The summed E-state index contributed by atoms with van der Waals surface area (Å²) in [5, 5.41) is 67.5. The van der Waals surface area contributed by atoms with Gasteiger partial charge in [-0.3, -0.25) is 10.6 Å². The van der Waals surface area contributed by atoms with Crippen molar-refractivity contribution < 1.29 is 0 Å². The topological polar surface area (TPSA) is 481 Å². The van der Waals surface area contributed by atoms with Crippen molar-refractivity contribution in [2.75, 3.05) is 27.1 Å². The molecule has 0 aliphatic carbocycles. The average molecular weight is 791 g/mol. The molecule has 0 amide bonds. The molecule has 1 unspecified atom stereocenters. The van der Waals surface area contributed by atoms with Crippen LogP contribution in [-0.4, -0.2) is 116 Å². The maximum absolute atomic E-state index is 8.52. The second-order valence-electron chi connectivity index (χ2n) is 13.1. The highest BCUT2D eigenvalue weighted by molar-refractivity contribution is 6.00. The molecule has 0 saturated carbocycles. The molecule has 0 aromatic carbocycles. The van der Waals surface area contributed by atoms with Gasteiger partial charge in [-0.05, 0) is 24.0 Å². The number of rotatable bonds is 13. The van der Waals surface area contributed by atoms with Crippen LogP contribution in [0.25, 0.3) is 17.6 Å². The zero-order chi connectivity index (χ0) is 41.8. The summed E-state index contributed by atoms with van der Waals surface area (Å²) >= 11 is 0. The molecule has 302 valence electrons. The monoisotopic (exact) mass is 790 g/mol. The van der Waals surface area contributed by atoms with E-state index in [1.54, 1.807) is 0 Å². The van der Waals surface area contributed by atoms with Gasteiger partial charge in [0.2, 0.25) is 59.3 Å². The number of hydrogen-bond donors (Lipinski definition) is 12. The number of aromatic amines is 2. The molecule has 57 heavy (non-hydrogen) atoms. The first-order valence-corrected chi connectivity index (χ1v) is 16.6. The predicted octanol–water partition coefficient (Wildman–Crippen LogP) is -2.23. The zero-order valence-corrected chi connectivity index (χ0v) is 31.6. The summed E-state index contributed by atoms with van der Waals surface area (Å²) in [5.74, 6) is -0.853. The molecule has 5 aromatic rings. The molecule has 0 bridgehead atoms. The minimum Gasteiger partial charge on any atom is -0.368 e. The second-order valence-corrected chi connectivity index (χ2v) is 13.1. The number of nitrogens with zero attached hydrogens (tertiary/aromatic N) is 20. The van der Waals surface area contributed by atoms with Gasteiger partial charge in [-0.15, -0.1) is 51.0 Å². The number of aromatic nitrogens is 16. The quantitative estimate of drug-likeness (QED) is 0.0260. The minimum atomic E-state index is -0.525. The van der Waals surface area contributed by atoms with Crippen LogP contribution in [0.2, 0.25) is 0 Å². The standard InChI is InChI=1S/C25H42N32/c1-8(2)10(5)54(52-33)23-39-22(47-48-23)37-16(28)43-45-20(32)56-18(30)38-24(51-56)57-50-14(41-53-57)13-35-21(46-40-13)36-15(27)42-44-19(31)55-17(29)34-12(49-55)11(26)25(6,7)9(3)4/h8-10,26,33H,1-7H3,(H2,31,44)(H2,32,45)(H2,29,34,49)(H2,30,38,51)(H4,27,35,36,40,42,46)(H4,28,37,39,43,47,48). The highest BCUT2D eigenvalue weighted by Gasteiger charge is 2.32. The molecule has 32 nitrogen and oxygen atoms in total. The third kappa shape index (κ3) is 8.78. The van der Waals surface area contributed by atoms with Gasteiger partial charge in [0, 0.05) is 5.41 Å². The van der Waals surface area contributed by atoms with Crippen molar-refractivity contribution >= 4 is 59.3 Å². The first kappa shape index (κ1) is 40.0. The molecule has 0 aliphatic rings. The predicted molar refractivity (Wildman–Crippen MR) is 205 cm³/mol. The Kier molecular flexibility index (Phi) is 11.2. The van der Waals surface area contributed by atoms with Crippen molar-refractivity contribution in [2.45, 2.75) is 54.5 Å². The van der Waals surface area contributed by atoms with Crippen LogP contribution in [0.3, 0.4) is 0 Å². The van der Waals surface area contributed by atoms with Crippen LogP contribution < -0.4 is 50.0 Å². The van der Waals surface area contributed by atoms with Crippen LogP contribution in [0, 0.1) is 28.2 Å². The molecule has 5 aromatic heterocycles. The number of guanidine groups is 2. The number of H-pyrrole nitrogens is 2. The fourth-order valence-electron chi connectivity index (χ4n) is 4.15. The lowest BCUT2D eigenvalue weighted by molar-refractivity contribution is 0.362. The Morgan fingerprint density at radius 3 is 1.95 bits per heavy atom.